The summed E-state index contributed by atoms with van der Waals surface area (Å²) >= 11 is 0. The van der Waals surface area contributed by atoms with E-state index in [1.807, 2.05) is 93.5 Å². The van der Waals surface area contributed by atoms with E-state index >= 15 is 0 Å². The summed E-state index contributed by atoms with van der Waals surface area (Å²) < 4.78 is 0. The average Bonchev–Trinajstić information content (AvgIpc) is 3.01. The van der Waals surface area contributed by atoms with E-state index in [1.54, 1.807) is 0 Å². The molecule has 0 aliphatic heterocycles. The predicted octanol–water partition coefficient (Wildman–Crippen LogP) is 11.7. The van der Waals surface area contributed by atoms with Crippen molar-refractivity contribution in [3.63, 3.8) is 0 Å². The van der Waals surface area contributed by atoms with Crippen molar-refractivity contribution in [1.82, 2.24) is 0 Å². The molecule has 55 heavy (non-hydrogen) atoms. The number of carbonyl (C=O) groups is 2. The van der Waals surface area contributed by atoms with Gasteiger partial charge >= 0.3 is 0 Å². The fourth-order valence-corrected chi connectivity index (χ4v) is 8.23. The number of aliphatic imine (C=N–C) groups is 2. The van der Waals surface area contributed by atoms with Crippen molar-refractivity contribution in [3.8, 4) is 0 Å². The van der Waals surface area contributed by atoms with Crippen LogP contribution in [-0.2, 0) is 16.8 Å². The Bertz CT molecular complexity index is 2030. The monoisotopic (exact) mass is 783 g/mol. The van der Waals surface area contributed by atoms with E-state index in [1.165, 1.54) is 26.3 Å². The molecule has 0 aromatic heterocycles. The first-order valence-electron chi connectivity index (χ1n) is 18.5. The molecule has 0 heterocycles. The van der Waals surface area contributed by atoms with Crippen LogP contribution in [0.2, 0.25) is 0 Å². The normalized spacial score (nSPS) is 13.7. The minimum atomic E-state index is -0.692. The van der Waals surface area contributed by atoms with Gasteiger partial charge in [-0.3, -0.25) is 19.6 Å². The molecule has 4 aromatic rings. The van der Waals surface area contributed by atoms with Gasteiger partial charge in [-0.15, -0.1) is 0 Å². The van der Waals surface area contributed by atoms with Crippen molar-refractivity contribution in [1.29, 1.82) is 0 Å². The Morgan fingerprint density at radius 2 is 0.673 bits per heavy atom. The number of nitrogens with zero attached hydrogens (tertiary/aromatic N) is 2. The van der Waals surface area contributed by atoms with Crippen molar-refractivity contribution in [2.45, 2.75) is 109 Å². The van der Waals surface area contributed by atoms with Crippen LogP contribution in [0.15, 0.2) is 81.2 Å². The maximum atomic E-state index is 14.2. The van der Waals surface area contributed by atoms with E-state index < -0.39 is 12.1 Å². The summed E-state index contributed by atoms with van der Waals surface area (Å²) in [5, 5.41) is 22.0. The molecular formula is C48H56CoN2O4. The summed E-state index contributed by atoms with van der Waals surface area (Å²) in [4.78, 5) is 38.8. The van der Waals surface area contributed by atoms with Crippen LogP contribution in [0.1, 0.15) is 125 Å². The van der Waals surface area contributed by atoms with Crippen molar-refractivity contribution >= 4 is 24.0 Å². The smallest absolute Gasteiger partial charge is 0.198 e. The zero-order valence-corrected chi connectivity index (χ0v) is 35.9. The summed E-state index contributed by atoms with van der Waals surface area (Å²) in [6.45, 7) is 26.9. The van der Waals surface area contributed by atoms with Crippen LogP contribution in [0.4, 0.5) is 0 Å². The molecule has 0 saturated carbocycles. The molecule has 0 fully saturated rings. The second kappa shape index (κ2) is 18.2. The number of rotatable bonds is 11. The van der Waals surface area contributed by atoms with Crippen molar-refractivity contribution < 1.29 is 36.6 Å². The van der Waals surface area contributed by atoms with E-state index in [0.29, 0.717) is 11.1 Å². The van der Waals surface area contributed by atoms with Gasteiger partial charge in [0.25, 0.3) is 0 Å². The maximum absolute atomic E-state index is 14.2. The molecule has 4 rings (SSSR count). The Balaban J connectivity index is 0.00000812. The number of allylic oxidation sites excluding steroid dienone is 4. The van der Waals surface area contributed by atoms with Crippen molar-refractivity contribution in [3.05, 3.63) is 160 Å². The maximum Gasteiger partial charge on any atom is 0.198 e. The number of aryl methyl sites for hydroxylation is 12. The summed E-state index contributed by atoms with van der Waals surface area (Å²) in [6, 6.07) is 14.9. The van der Waals surface area contributed by atoms with Gasteiger partial charge < -0.3 is 10.2 Å². The Labute approximate surface area is 338 Å². The molecule has 2 N–H and O–H groups in total. The van der Waals surface area contributed by atoms with Gasteiger partial charge in [-0.05, 0) is 153 Å². The van der Waals surface area contributed by atoms with Crippen LogP contribution in [0.5, 0.6) is 0 Å². The van der Waals surface area contributed by atoms with Crippen LogP contribution in [0.25, 0.3) is 0 Å². The van der Waals surface area contributed by atoms with Gasteiger partial charge in [-0.1, -0.05) is 70.8 Å². The van der Waals surface area contributed by atoms with Crippen molar-refractivity contribution in [2.24, 2.45) is 9.98 Å². The molecule has 0 aliphatic rings. The van der Waals surface area contributed by atoms with Crippen LogP contribution < -0.4 is 0 Å². The number of hydrogen-bond acceptors (Lipinski definition) is 6. The van der Waals surface area contributed by atoms with E-state index in [0.717, 1.165) is 77.9 Å². The molecule has 6 nitrogen and oxygen atoms in total. The first kappa shape index (κ1) is 44.5. The number of Topliss-reactive ketones (excluding diaryl/α,β-unsaturated/α-hetero) is 2. The number of carbonyl (C=O) groups excluding carboxylic acids is 2. The minimum Gasteiger partial charge on any atom is -0.512 e. The zero-order valence-electron chi connectivity index (χ0n) is 34.9. The van der Waals surface area contributed by atoms with Crippen molar-refractivity contribution in [2.75, 3.05) is 0 Å². The molecule has 291 valence electrons. The third kappa shape index (κ3) is 9.88. The second-order valence-corrected chi connectivity index (χ2v) is 15.3. The number of aliphatic hydroxyl groups is 2. The van der Waals surface area contributed by atoms with Crippen LogP contribution in [0.3, 0.4) is 0 Å². The van der Waals surface area contributed by atoms with Crippen LogP contribution in [-0.4, -0.2) is 34.2 Å². The summed E-state index contributed by atoms with van der Waals surface area (Å²) in [7, 11) is 0. The zero-order chi connectivity index (χ0) is 40.3. The van der Waals surface area contributed by atoms with Gasteiger partial charge in [0, 0.05) is 40.3 Å². The Kier molecular flexibility index (Phi) is 14.7. The number of ketones is 2. The third-order valence-electron chi connectivity index (χ3n) is 10.2. The van der Waals surface area contributed by atoms with Gasteiger partial charge in [-0.2, -0.15) is 0 Å². The van der Waals surface area contributed by atoms with Gasteiger partial charge in [0.05, 0.1) is 11.1 Å². The first-order chi connectivity index (χ1) is 25.2. The largest absolute Gasteiger partial charge is 0.512 e. The third-order valence-corrected chi connectivity index (χ3v) is 10.2. The fraction of sp³-hybridized carbons (Fsp3) is 0.333. The summed E-state index contributed by atoms with van der Waals surface area (Å²) in [5.41, 5.74) is 14.7. The molecular weight excluding hydrogens is 727 g/mol. The van der Waals surface area contributed by atoms with Crippen LogP contribution in [0, 0.1) is 83.1 Å². The summed E-state index contributed by atoms with van der Waals surface area (Å²) in [5.74, 6) is -0.915. The quantitative estimate of drug-likeness (QED) is 0.0685. The molecule has 0 unspecified atom stereocenters. The Hall–Kier alpha value is -4.85. The molecule has 0 aliphatic carbocycles. The predicted molar refractivity (Wildman–Crippen MR) is 224 cm³/mol. The molecule has 0 saturated heterocycles. The van der Waals surface area contributed by atoms with Gasteiger partial charge in [0.2, 0.25) is 0 Å². The van der Waals surface area contributed by atoms with Gasteiger partial charge in [0.15, 0.2) is 11.6 Å². The second-order valence-electron chi connectivity index (χ2n) is 15.3. The number of hydrogen-bond donors (Lipinski definition) is 2. The topological polar surface area (TPSA) is 99.3 Å². The standard InChI is InChI=1S/C48H56N2O4.Co/c1-25-15-29(5)41(30(6)16-25)45(49-23-39(37(13)51)47(53)43-33(9)19-27(3)20-34(43)10)46(42-31(7)17-26(2)18-32(42)8)50-24-40(38(14)52)48(54)44-35(11)21-28(4)22-36(44)12;/h15-24,45-46,51-52H,1-14H3;/b39-37+,40-38+,49-23?,50-24?;/t45-,46-;/m1./s1. The molecule has 1 radical (unpaired) electrons. The van der Waals surface area contributed by atoms with E-state index in [4.69, 9.17) is 9.98 Å². The van der Waals surface area contributed by atoms with E-state index in [9.17, 15) is 19.8 Å². The van der Waals surface area contributed by atoms with Gasteiger partial charge in [0.1, 0.15) is 23.6 Å². The first-order valence-corrected chi connectivity index (χ1v) is 18.5. The molecule has 7 heteroatoms. The summed E-state index contributed by atoms with van der Waals surface area (Å²) in [6.07, 6.45) is 2.97. The van der Waals surface area contributed by atoms with E-state index in [-0.39, 0.29) is 51.0 Å². The average molecular weight is 784 g/mol. The SMILES string of the molecule is C/C(O)=C(/C=N[C@H](c1c(C)cc(C)cc1C)[C@H](N=C/C(C(=O)c1c(C)cc(C)cc1C)=C(/C)O)c1c(C)cc(C)cc1C)C(=O)c1c(C)cc(C)cc1C.[Co]. The number of aliphatic hydroxyl groups excluding tert-OH is 2. The number of benzene rings is 4. The molecule has 0 amide bonds. The van der Waals surface area contributed by atoms with Gasteiger partial charge in [-0.25, -0.2) is 0 Å². The molecule has 4 aromatic carbocycles. The Morgan fingerprint density at radius 3 is 0.891 bits per heavy atom. The van der Waals surface area contributed by atoms with E-state index in [2.05, 4.69) is 38.1 Å². The molecule has 2 atom stereocenters. The minimum absolute atomic E-state index is 0. The molecule has 0 bridgehead atoms. The van der Waals surface area contributed by atoms with Crippen LogP contribution >= 0.6 is 0 Å². The molecule has 0 spiro atoms. The fourth-order valence-electron chi connectivity index (χ4n) is 8.23. The Morgan fingerprint density at radius 1 is 0.455 bits per heavy atom.